The van der Waals surface area contributed by atoms with Gasteiger partial charge in [-0.25, -0.2) is 44.4 Å². The Labute approximate surface area is 859 Å². The van der Waals surface area contributed by atoms with Gasteiger partial charge in [-0.3, -0.25) is 81.6 Å². The maximum absolute atomic E-state index is 14.4. The van der Waals surface area contributed by atoms with Crippen LogP contribution in [-0.4, -0.2) is 240 Å². The van der Waals surface area contributed by atoms with E-state index in [4.69, 9.17) is 18.9 Å². The van der Waals surface area contributed by atoms with Crippen molar-refractivity contribution in [1.82, 2.24) is 59.5 Å². The molecule has 0 radical (unpaired) electrons. The number of allylic oxidation sites excluding steroid dienone is 3. The van der Waals surface area contributed by atoms with Gasteiger partial charge < -0.3 is 49.6 Å². The summed E-state index contributed by atoms with van der Waals surface area (Å²) in [4.78, 5) is 215. The van der Waals surface area contributed by atoms with E-state index in [9.17, 15) is 97.2 Å². The standard InChI is InChI=1S/C36H46N4O9S.C36H48N4O8S.C35H46N4O8S/c1-2-25-17-36(25,33(43)38-50(46,47)27-13-14-27)18-30(41)29-16-26-20-40(29)32(42)31(23-9-3-4-10-23)37-34(44)48-15-6-5-8-22-11-7-12-24-19-39(21-28(22)24)35(45)49-26;1-5-24-17-36(24,33(44)38-49(46,47)26-14-15-26)18-29(41)28-16-25-20-40(28)32(43)31(35(2,3)4)37-30(42)13-8-6-7-10-22-11-9-12-23-19-39(21-27(22)23)34(45)48-25;1-4-24-16-35(24,33(43)37-48(45,46)26-13-14-26)17-29(40)28-15-25-19-39(28)32(42)31(21(2)3)36-30(41)12-7-5-6-9-22-10-8-11-23-18-38(20-27(22)23)34(44)47-25/h2,7,11-12,23,25-27,29,31H,1,3-6,8-10,13-21H2,(H,37,44)(H,38,43);5,9,11-12,24-26,28,31H,1,6-8,10,13-21H2,2-4H3,(H,37,42)(H,38,44);4,8,10-11,21,24-26,28,31H,1,5-7,9,12-20H2,2-3H3,(H,36,41)(H,37,43)/t25-,26-,29+,31+,36-;24-,25-,28+,31-,36-;24-,25-,28+,31+,35-/m111/s1. The molecular formula is C107H140N12O25S3. The van der Waals surface area contributed by atoms with Crippen LogP contribution in [0.1, 0.15) is 271 Å². The predicted molar refractivity (Wildman–Crippen MR) is 535 cm³/mol. The average Bonchev–Trinajstić information content (AvgIpc) is 1.58. The highest BCUT2D eigenvalue weighted by atomic mass is 32.2. The van der Waals surface area contributed by atoms with Gasteiger partial charge in [0.05, 0.1) is 76.4 Å². The number of hydrogen-bond acceptors (Lipinski definition) is 25. The molecule has 7 aliphatic carbocycles. The molecule has 40 heteroatoms. The quantitative estimate of drug-likeness (QED) is 0.0379. The number of cyclic esters (lactones) is 1. The molecular weight excluding hydrogens is 1950 g/mol. The van der Waals surface area contributed by atoms with Crippen LogP contribution in [0.5, 0.6) is 0 Å². The summed E-state index contributed by atoms with van der Waals surface area (Å²) in [6.07, 6.45) is 15.1. The van der Waals surface area contributed by atoms with Gasteiger partial charge in [-0.2, -0.15) is 0 Å². The Balaban J connectivity index is 0.000000151. The Morgan fingerprint density at radius 3 is 1.10 bits per heavy atom. The Morgan fingerprint density at radius 2 is 0.755 bits per heavy atom. The van der Waals surface area contributed by atoms with E-state index in [1.165, 1.54) is 25.8 Å². The number of carbonyl (C=O) groups is 15. The molecule has 9 heterocycles. The summed E-state index contributed by atoms with van der Waals surface area (Å²) in [5.74, 6) is -7.06. The third kappa shape index (κ3) is 23.8. The average molecular weight is 2090 g/mol. The number of hydrogen-bond donors (Lipinski definition) is 6. The number of fused-ring (bicyclic) bond motifs is 9. The molecule has 147 heavy (non-hydrogen) atoms. The second kappa shape index (κ2) is 43.3. The van der Waals surface area contributed by atoms with Crippen molar-refractivity contribution in [3.8, 4) is 0 Å². The van der Waals surface area contributed by atoms with Crippen LogP contribution in [0.4, 0.5) is 19.2 Å². The second-order valence-corrected chi connectivity index (χ2v) is 51.0. The van der Waals surface area contributed by atoms with E-state index < -0.39 is 217 Å². The van der Waals surface area contributed by atoms with Crippen LogP contribution in [-0.2, 0) is 160 Å². The van der Waals surface area contributed by atoms with E-state index in [1.807, 2.05) is 77.1 Å². The summed E-state index contributed by atoms with van der Waals surface area (Å²) in [5, 5.41) is 6.80. The number of alkyl carbamates (subject to hydrolysis) is 1. The normalized spacial score (nSPS) is 29.8. The van der Waals surface area contributed by atoms with Crippen molar-refractivity contribution < 1.29 is 116 Å². The fourth-order valence-electron chi connectivity index (χ4n) is 23.6. The Hall–Kier alpha value is -11.4. The zero-order valence-corrected chi connectivity index (χ0v) is 87.1. The van der Waals surface area contributed by atoms with Crippen LogP contribution in [0.3, 0.4) is 0 Å². The van der Waals surface area contributed by atoms with Gasteiger partial charge in [-0.05, 0) is 213 Å². The van der Waals surface area contributed by atoms with E-state index in [2.05, 4.69) is 62.0 Å². The van der Waals surface area contributed by atoms with Crippen LogP contribution in [0.25, 0.3) is 0 Å². The zero-order chi connectivity index (χ0) is 105. The van der Waals surface area contributed by atoms with Gasteiger partial charge in [0.2, 0.25) is 77.3 Å². The molecule has 10 fully saturated rings. The van der Waals surface area contributed by atoms with Gasteiger partial charge in [0.15, 0.2) is 17.3 Å². The number of benzene rings is 3. The Kier molecular flexibility index (Phi) is 31.5. The Bertz CT molecular complexity index is 6120. The lowest BCUT2D eigenvalue weighted by Crippen LogP contribution is -2.57. The summed E-state index contributed by atoms with van der Waals surface area (Å²) in [5.41, 5.74) is 5.34. The van der Waals surface area contributed by atoms with E-state index in [1.54, 1.807) is 32.9 Å². The number of ketones is 3. The minimum absolute atomic E-state index is 0.0149. The molecule has 16 aliphatic rings. The fraction of sp³-hybridized carbons (Fsp3) is 0.636. The summed E-state index contributed by atoms with van der Waals surface area (Å²) in [7, 11) is -11.5. The van der Waals surface area contributed by atoms with Crippen LogP contribution in [0.2, 0.25) is 0 Å². The van der Waals surface area contributed by atoms with E-state index in [0.29, 0.717) is 97.1 Å². The number of Topliss-reactive ketones (excluding diaryl/α,β-unsaturated/α-hetero) is 3. The predicted octanol–water partition coefficient (Wildman–Crippen LogP) is 10.1. The largest absolute Gasteiger partial charge is 0.450 e. The minimum atomic E-state index is -3.85. The number of aryl methyl sites for hydroxylation is 3. The zero-order valence-electron chi connectivity index (χ0n) is 84.7. The molecule has 37 nitrogen and oxygen atoms in total. The van der Waals surface area contributed by atoms with Crippen LogP contribution >= 0.6 is 0 Å². The molecule has 0 unspecified atom stereocenters. The first-order chi connectivity index (χ1) is 69.9. The number of amides is 12. The first-order valence-corrected chi connectivity index (χ1v) is 57.3. The van der Waals surface area contributed by atoms with Crippen molar-refractivity contribution in [3.63, 3.8) is 0 Å². The second-order valence-electron chi connectivity index (χ2n) is 45.1. The van der Waals surface area contributed by atoms with Crippen molar-refractivity contribution in [2.24, 2.45) is 51.2 Å². The van der Waals surface area contributed by atoms with Crippen LogP contribution in [0.15, 0.2) is 92.6 Å². The molecule has 15 atom stereocenters. The third-order valence-corrected chi connectivity index (χ3v) is 38.6. The third-order valence-electron chi connectivity index (χ3n) is 33.1. The van der Waals surface area contributed by atoms with Gasteiger partial charge in [-0.1, -0.05) is 133 Å². The molecule has 0 aromatic heterocycles. The van der Waals surface area contributed by atoms with Gasteiger partial charge in [0, 0.05) is 90.6 Å². The monoisotopic (exact) mass is 2090 g/mol. The van der Waals surface area contributed by atoms with Crippen LogP contribution < -0.4 is 30.1 Å². The maximum atomic E-state index is 14.4. The van der Waals surface area contributed by atoms with E-state index >= 15 is 0 Å². The highest BCUT2D eigenvalue weighted by Gasteiger charge is 2.66. The summed E-state index contributed by atoms with van der Waals surface area (Å²) < 4.78 is 106. The Morgan fingerprint density at radius 1 is 0.422 bits per heavy atom. The molecule has 12 bridgehead atoms. The lowest BCUT2D eigenvalue weighted by atomic mass is 9.85. The lowest BCUT2D eigenvalue weighted by molar-refractivity contribution is -0.144. The fourth-order valence-corrected chi connectivity index (χ4v) is 27.7. The van der Waals surface area contributed by atoms with Crippen molar-refractivity contribution in [2.75, 3.05) is 26.2 Å². The number of sulfonamides is 3. The van der Waals surface area contributed by atoms with Crippen molar-refractivity contribution in [2.45, 2.75) is 350 Å². The van der Waals surface area contributed by atoms with Gasteiger partial charge >= 0.3 is 24.4 Å². The molecule has 9 aliphatic heterocycles. The number of rotatable bonds is 23. The maximum Gasteiger partial charge on any atom is 0.410 e. The molecule has 6 N–H and O–H groups in total. The van der Waals surface area contributed by atoms with Crippen LogP contribution in [0, 0.1) is 51.2 Å². The molecule has 3 aromatic rings. The van der Waals surface area contributed by atoms with Crippen molar-refractivity contribution in [3.05, 3.63) is 143 Å². The summed E-state index contributed by atoms with van der Waals surface area (Å²) in [6, 6.07) is 12.2. The highest BCUT2D eigenvalue weighted by Crippen LogP contribution is 2.60. The van der Waals surface area contributed by atoms with Gasteiger partial charge in [0.25, 0.3) is 0 Å². The molecule has 7 saturated carbocycles. The van der Waals surface area contributed by atoms with Crippen molar-refractivity contribution in [1.29, 1.82) is 0 Å². The highest BCUT2D eigenvalue weighted by molar-refractivity contribution is 7.91. The molecule has 3 aromatic carbocycles. The SMILES string of the molecule is C=C[C@@H]1C[C@]1(CC(=O)[C@@H]1C[C@@H]2CN1C(=O)[C@H](C(C)(C)C)NC(=O)CCCCCc1cccc3c1CN(C3)C(=O)O2)C(=O)NS(=O)(=O)C1CC1.C=C[C@@H]1C[C@]1(CC(=O)[C@@H]1C[C@@H]2CN1C(=O)[C@H](C(C)C)NC(=O)CCCCCc1cccc3c1CN(C3)C(=O)O2)C(=O)NS(=O)(=O)C1CC1.C=C[C@@H]1C[C@]1(CC(=O)[C@@H]1C[C@@H]2CN1C(=O)[C@H](C1CCCC1)NC(=O)OCCCCc1cccc3c1CN(C3)C(=O)O2)C(=O)NS(=O)(=O)C1CC1. The summed E-state index contributed by atoms with van der Waals surface area (Å²) in [6.45, 7) is 22.9. The smallest absolute Gasteiger partial charge is 0.410 e. The number of carbonyl (C=O) groups excluding carboxylic acids is 15. The van der Waals surface area contributed by atoms with Gasteiger partial charge in [0.1, 0.15) is 36.4 Å². The lowest BCUT2D eigenvalue weighted by Gasteiger charge is -2.35. The summed E-state index contributed by atoms with van der Waals surface area (Å²) >= 11 is 0. The van der Waals surface area contributed by atoms with E-state index in [-0.39, 0.29) is 121 Å². The molecule has 3 saturated heterocycles. The minimum Gasteiger partial charge on any atom is -0.450 e. The molecule has 0 spiro atoms. The first kappa shape index (κ1) is 107. The van der Waals surface area contributed by atoms with E-state index in [0.717, 1.165) is 116 Å². The number of nitrogens with one attached hydrogen (secondary N) is 6. The molecule has 19 rings (SSSR count). The topological polar surface area (TPSA) is 487 Å². The molecule has 12 amide bonds. The number of ether oxygens (including phenoxy) is 4. The molecule has 796 valence electrons. The van der Waals surface area contributed by atoms with Gasteiger partial charge in [-0.15, -0.1) is 19.7 Å². The number of nitrogens with zero attached hydrogens (tertiary/aromatic N) is 6. The first-order valence-electron chi connectivity index (χ1n) is 52.7. The van der Waals surface area contributed by atoms with Crippen molar-refractivity contribution >= 4 is 119 Å².